The summed E-state index contributed by atoms with van der Waals surface area (Å²) in [5.41, 5.74) is 3.81. The SMILES string of the molecule is Brc1cc2[nH]cnc2c2[nH]cnc12. The molecule has 0 bridgehead atoms. The van der Waals surface area contributed by atoms with Gasteiger partial charge in [0.15, 0.2) is 0 Å². The molecule has 3 aromatic rings. The zero-order valence-corrected chi connectivity index (χ0v) is 8.09. The molecule has 0 spiro atoms. The van der Waals surface area contributed by atoms with E-state index in [2.05, 4.69) is 35.9 Å². The fraction of sp³-hybridized carbons (Fsp3) is 0. The minimum absolute atomic E-state index is 0.916. The maximum atomic E-state index is 4.21. The fourth-order valence-corrected chi connectivity index (χ4v) is 1.99. The first-order valence-corrected chi connectivity index (χ1v) is 4.60. The summed E-state index contributed by atoms with van der Waals surface area (Å²) in [6.07, 6.45) is 3.35. The summed E-state index contributed by atoms with van der Waals surface area (Å²) in [5.74, 6) is 0. The summed E-state index contributed by atoms with van der Waals surface area (Å²) in [4.78, 5) is 14.5. The third-order valence-electron chi connectivity index (χ3n) is 2.04. The Labute approximate surface area is 81.5 Å². The van der Waals surface area contributed by atoms with Gasteiger partial charge in [-0.25, -0.2) is 9.97 Å². The van der Waals surface area contributed by atoms with E-state index in [1.54, 1.807) is 12.7 Å². The van der Waals surface area contributed by atoms with E-state index in [1.165, 1.54) is 0 Å². The van der Waals surface area contributed by atoms with Crippen molar-refractivity contribution >= 4 is 38.0 Å². The zero-order valence-electron chi connectivity index (χ0n) is 6.50. The number of halogens is 1. The van der Waals surface area contributed by atoms with E-state index in [4.69, 9.17) is 0 Å². The molecule has 5 heteroatoms. The van der Waals surface area contributed by atoms with E-state index in [0.29, 0.717) is 0 Å². The number of hydrogen-bond acceptors (Lipinski definition) is 2. The van der Waals surface area contributed by atoms with Gasteiger partial charge in [-0.1, -0.05) is 0 Å². The van der Waals surface area contributed by atoms with Crippen LogP contribution in [0.4, 0.5) is 0 Å². The van der Waals surface area contributed by atoms with E-state index in [9.17, 15) is 0 Å². The lowest BCUT2D eigenvalue weighted by molar-refractivity contribution is 1.33. The van der Waals surface area contributed by atoms with Crippen molar-refractivity contribution in [2.24, 2.45) is 0 Å². The van der Waals surface area contributed by atoms with Crippen molar-refractivity contribution in [3.8, 4) is 0 Å². The van der Waals surface area contributed by atoms with Crippen molar-refractivity contribution in [1.82, 2.24) is 19.9 Å². The van der Waals surface area contributed by atoms with Gasteiger partial charge in [-0.2, -0.15) is 0 Å². The van der Waals surface area contributed by atoms with Crippen LogP contribution in [0.15, 0.2) is 23.2 Å². The van der Waals surface area contributed by atoms with Crippen molar-refractivity contribution < 1.29 is 0 Å². The van der Waals surface area contributed by atoms with Crippen molar-refractivity contribution in [3.63, 3.8) is 0 Å². The lowest BCUT2D eigenvalue weighted by Gasteiger charge is -1.93. The van der Waals surface area contributed by atoms with Crippen LogP contribution in [0, 0.1) is 0 Å². The molecule has 64 valence electrons. The average molecular weight is 237 g/mol. The topological polar surface area (TPSA) is 57.4 Å². The summed E-state index contributed by atoms with van der Waals surface area (Å²) >= 11 is 3.45. The van der Waals surface area contributed by atoms with Gasteiger partial charge in [0.25, 0.3) is 0 Å². The van der Waals surface area contributed by atoms with Crippen LogP contribution in [0.1, 0.15) is 0 Å². The number of aromatic nitrogens is 4. The number of fused-ring (bicyclic) bond motifs is 3. The van der Waals surface area contributed by atoms with Gasteiger partial charge in [0.1, 0.15) is 11.0 Å². The number of H-pyrrole nitrogens is 2. The van der Waals surface area contributed by atoms with E-state index in [1.807, 2.05) is 6.07 Å². The van der Waals surface area contributed by atoms with Gasteiger partial charge in [0.05, 0.1) is 23.7 Å². The quantitative estimate of drug-likeness (QED) is 0.629. The summed E-state index contributed by atoms with van der Waals surface area (Å²) in [7, 11) is 0. The first-order valence-electron chi connectivity index (χ1n) is 3.81. The highest BCUT2D eigenvalue weighted by Gasteiger charge is 2.07. The molecule has 2 N–H and O–H groups in total. The molecular weight excluding hydrogens is 232 g/mol. The van der Waals surface area contributed by atoms with Crippen LogP contribution in [0.5, 0.6) is 0 Å². The van der Waals surface area contributed by atoms with Gasteiger partial charge in [-0.15, -0.1) is 0 Å². The Bertz CT molecular complexity index is 580. The zero-order chi connectivity index (χ0) is 8.84. The van der Waals surface area contributed by atoms with Crippen molar-refractivity contribution in [1.29, 1.82) is 0 Å². The van der Waals surface area contributed by atoms with Crippen LogP contribution in [0.3, 0.4) is 0 Å². The maximum Gasteiger partial charge on any atom is 0.114 e. The van der Waals surface area contributed by atoms with Crippen molar-refractivity contribution in [2.45, 2.75) is 0 Å². The number of rotatable bonds is 0. The molecule has 0 aliphatic carbocycles. The summed E-state index contributed by atoms with van der Waals surface area (Å²) in [5, 5.41) is 0. The Morgan fingerprint density at radius 3 is 2.77 bits per heavy atom. The molecule has 0 unspecified atom stereocenters. The van der Waals surface area contributed by atoms with Gasteiger partial charge in [-0.3, -0.25) is 0 Å². The Hall–Kier alpha value is -1.36. The lowest BCUT2D eigenvalue weighted by Crippen LogP contribution is -1.76. The van der Waals surface area contributed by atoms with E-state index in [-0.39, 0.29) is 0 Å². The molecule has 0 aliphatic rings. The fourth-order valence-electron chi connectivity index (χ4n) is 1.46. The van der Waals surface area contributed by atoms with E-state index in [0.717, 1.165) is 26.5 Å². The predicted octanol–water partition coefficient (Wildman–Crippen LogP) is 2.20. The maximum absolute atomic E-state index is 4.21. The van der Waals surface area contributed by atoms with E-state index < -0.39 is 0 Å². The van der Waals surface area contributed by atoms with Crippen molar-refractivity contribution in [2.75, 3.05) is 0 Å². The predicted molar refractivity (Wildman–Crippen MR) is 53.4 cm³/mol. The molecule has 0 aliphatic heterocycles. The minimum atomic E-state index is 0.916. The standard InChI is InChI=1S/C8H5BrN4/c9-4-1-5-7(12-2-10-5)8-6(4)11-3-13-8/h1-3H,(H,10,12)(H,11,13). The number of hydrogen-bond donors (Lipinski definition) is 2. The smallest absolute Gasteiger partial charge is 0.114 e. The summed E-state index contributed by atoms with van der Waals surface area (Å²) < 4.78 is 0.973. The van der Waals surface area contributed by atoms with Gasteiger partial charge in [0.2, 0.25) is 0 Å². The van der Waals surface area contributed by atoms with Crippen LogP contribution in [-0.4, -0.2) is 19.9 Å². The van der Waals surface area contributed by atoms with Crippen LogP contribution in [-0.2, 0) is 0 Å². The summed E-state index contributed by atoms with van der Waals surface area (Å²) in [6, 6.07) is 1.98. The second-order valence-electron chi connectivity index (χ2n) is 2.78. The lowest BCUT2D eigenvalue weighted by atomic mass is 10.3. The van der Waals surface area contributed by atoms with E-state index >= 15 is 0 Å². The molecular formula is C8H5BrN4. The minimum Gasteiger partial charge on any atom is -0.344 e. The Morgan fingerprint density at radius 1 is 1.08 bits per heavy atom. The average Bonchev–Trinajstić information content (AvgIpc) is 2.66. The molecule has 0 radical (unpaired) electrons. The number of nitrogens with zero attached hydrogens (tertiary/aromatic N) is 2. The van der Waals surface area contributed by atoms with Gasteiger partial charge in [-0.05, 0) is 22.0 Å². The second kappa shape index (κ2) is 2.32. The monoisotopic (exact) mass is 236 g/mol. The highest BCUT2D eigenvalue weighted by Crippen LogP contribution is 2.27. The highest BCUT2D eigenvalue weighted by molar-refractivity contribution is 9.10. The van der Waals surface area contributed by atoms with Crippen molar-refractivity contribution in [3.05, 3.63) is 23.2 Å². The molecule has 0 saturated heterocycles. The van der Waals surface area contributed by atoms with Gasteiger partial charge >= 0.3 is 0 Å². The number of benzene rings is 1. The number of nitrogens with one attached hydrogen (secondary N) is 2. The highest BCUT2D eigenvalue weighted by atomic mass is 79.9. The first-order chi connectivity index (χ1) is 6.36. The molecule has 3 rings (SSSR count). The normalized spacial score (nSPS) is 11.5. The molecule has 2 heterocycles. The van der Waals surface area contributed by atoms with Gasteiger partial charge in [0, 0.05) is 4.47 Å². The summed E-state index contributed by atoms with van der Waals surface area (Å²) in [6.45, 7) is 0. The molecule has 1 aromatic carbocycles. The number of aromatic amines is 2. The third kappa shape index (κ3) is 0.846. The Morgan fingerprint density at radius 2 is 1.85 bits per heavy atom. The van der Waals surface area contributed by atoms with Crippen LogP contribution >= 0.6 is 15.9 Å². The second-order valence-corrected chi connectivity index (χ2v) is 3.64. The molecule has 13 heavy (non-hydrogen) atoms. The van der Waals surface area contributed by atoms with Crippen LogP contribution in [0.25, 0.3) is 22.1 Å². The third-order valence-corrected chi connectivity index (χ3v) is 2.65. The molecule has 0 atom stereocenters. The molecule has 0 amide bonds. The Kier molecular flexibility index (Phi) is 1.26. The molecule has 0 fully saturated rings. The largest absolute Gasteiger partial charge is 0.344 e. The van der Waals surface area contributed by atoms with Crippen LogP contribution < -0.4 is 0 Å². The molecule has 2 aromatic heterocycles. The molecule has 4 nitrogen and oxygen atoms in total. The first kappa shape index (κ1) is 7.08. The Balaban J connectivity index is 2.70. The number of imidazole rings is 2. The van der Waals surface area contributed by atoms with Crippen LogP contribution in [0.2, 0.25) is 0 Å². The van der Waals surface area contributed by atoms with Gasteiger partial charge < -0.3 is 9.97 Å². The molecule has 0 saturated carbocycles.